The lowest BCUT2D eigenvalue weighted by Gasteiger charge is -2.18. The number of benzene rings is 2. The quantitative estimate of drug-likeness (QED) is 0.370. The molecule has 2 aromatic rings. The molecule has 2 rings (SSSR count). The van der Waals surface area contributed by atoms with Gasteiger partial charge in [0.1, 0.15) is 0 Å². The Morgan fingerprint density at radius 2 is 1.58 bits per heavy atom. The molecular formula is C22H20Cl4F3NO. The summed E-state index contributed by atoms with van der Waals surface area (Å²) in [7, 11) is 0. The van der Waals surface area contributed by atoms with E-state index in [-0.39, 0.29) is 43.2 Å². The maximum Gasteiger partial charge on any atom is 0.399 e. The van der Waals surface area contributed by atoms with Crippen LogP contribution in [-0.4, -0.2) is 18.1 Å². The summed E-state index contributed by atoms with van der Waals surface area (Å²) in [5.74, 6) is -2.29. The molecule has 0 saturated carbocycles. The maximum absolute atomic E-state index is 13.7. The number of alkyl halides is 3. The monoisotopic (exact) mass is 511 g/mol. The zero-order valence-electron chi connectivity index (χ0n) is 16.7. The molecule has 1 N–H and O–H groups in total. The molecule has 31 heavy (non-hydrogen) atoms. The molecule has 2 nitrogen and oxygen atoms in total. The van der Waals surface area contributed by atoms with Crippen molar-refractivity contribution in [2.75, 3.05) is 0 Å². The van der Waals surface area contributed by atoms with Crippen LogP contribution in [0, 0.1) is 0 Å². The van der Waals surface area contributed by atoms with Crippen molar-refractivity contribution in [2.45, 2.75) is 44.8 Å². The van der Waals surface area contributed by atoms with Gasteiger partial charge >= 0.3 is 6.18 Å². The molecule has 0 aliphatic heterocycles. The van der Waals surface area contributed by atoms with E-state index in [0.717, 1.165) is 31.1 Å². The van der Waals surface area contributed by atoms with E-state index in [4.69, 9.17) is 46.4 Å². The van der Waals surface area contributed by atoms with Gasteiger partial charge in [-0.25, -0.2) is 0 Å². The minimum atomic E-state index is -4.59. The topological polar surface area (TPSA) is 29.1 Å². The van der Waals surface area contributed by atoms with Gasteiger partial charge in [0, 0.05) is 6.04 Å². The van der Waals surface area contributed by atoms with Gasteiger partial charge in [-0.3, -0.25) is 4.79 Å². The van der Waals surface area contributed by atoms with E-state index >= 15 is 0 Å². The lowest BCUT2D eigenvalue weighted by Crippen LogP contribution is -2.33. The number of halogens is 7. The van der Waals surface area contributed by atoms with Gasteiger partial charge in [0.25, 0.3) is 5.91 Å². The van der Waals surface area contributed by atoms with Crippen molar-refractivity contribution in [2.24, 2.45) is 0 Å². The molecule has 2 aromatic carbocycles. The molecule has 1 amide bonds. The largest absolute Gasteiger partial charge is 0.399 e. The first-order valence-corrected chi connectivity index (χ1v) is 11.0. The van der Waals surface area contributed by atoms with E-state index in [1.807, 2.05) is 13.8 Å². The standard InChI is InChI=1S/C22H20Cl4F3NO/c1-3-14(4-2)30-21(31)15-7-5-12(9-17(15)23)6-8-16(22(27,28)29)13-10-18(24)20(26)19(25)11-13/h5-11,14,16H,3-4H2,1-2H3,(H,30,31). The average molecular weight is 513 g/mol. The molecule has 0 bridgehead atoms. The van der Waals surface area contributed by atoms with Gasteiger partial charge < -0.3 is 5.32 Å². The summed E-state index contributed by atoms with van der Waals surface area (Å²) >= 11 is 23.8. The Morgan fingerprint density at radius 3 is 2.06 bits per heavy atom. The highest BCUT2D eigenvalue weighted by Crippen LogP contribution is 2.41. The van der Waals surface area contributed by atoms with E-state index in [0.29, 0.717) is 5.56 Å². The number of amides is 1. The second-order valence-electron chi connectivity index (χ2n) is 6.90. The normalized spacial score (nSPS) is 13.1. The van der Waals surface area contributed by atoms with Crippen LogP contribution in [0.25, 0.3) is 6.08 Å². The van der Waals surface area contributed by atoms with Crippen molar-refractivity contribution in [3.8, 4) is 0 Å². The Kier molecular flexibility index (Phi) is 9.14. The summed E-state index contributed by atoms with van der Waals surface area (Å²) < 4.78 is 41.0. The van der Waals surface area contributed by atoms with E-state index in [2.05, 4.69) is 5.32 Å². The molecule has 9 heteroatoms. The summed E-state index contributed by atoms with van der Waals surface area (Å²) in [5, 5.41) is 2.88. The number of rotatable bonds is 7. The Hall–Kier alpha value is -1.40. The fourth-order valence-electron chi connectivity index (χ4n) is 2.95. The predicted molar refractivity (Wildman–Crippen MR) is 123 cm³/mol. The van der Waals surface area contributed by atoms with Crippen LogP contribution in [0.3, 0.4) is 0 Å². The number of hydrogen-bond donors (Lipinski definition) is 1. The van der Waals surface area contributed by atoms with E-state index in [1.165, 1.54) is 24.3 Å². The van der Waals surface area contributed by atoms with Crippen LogP contribution in [0.5, 0.6) is 0 Å². The van der Waals surface area contributed by atoms with Crippen molar-refractivity contribution in [1.82, 2.24) is 5.32 Å². The first kappa shape index (κ1) is 25.9. The molecule has 0 aromatic heterocycles. The molecule has 0 saturated heterocycles. The van der Waals surface area contributed by atoms with Gasteiger partial charge in [0.2, 0.25) is 0 Å². The average Bonchev–Trinajstić information content (AvgIpc) is 2.69. The first-order chi connectivity index (χ1) is 14.5. The molecule has 168 valence electrons. The Balaban J connectivity index is 2.31. The van der Waals surface area contributed by atoms with Crippen molar-refractivity contribution in [1.29, 1.82) is 0 Å². The minimum absolute atomic E-state index is 0.00832. The molecule has 0 spiro atoms. The number of carbonyl (C=O) groups is 1. The number of nitrogens with one attached hydrogen (secondary N) is 1. The summed E-state index contributed by atoms with van der Waals surface area (Å²) in [6, 6.07) is 6.74. The summed E-state index contributed by atoms with van der Waals surface area (Å²) in [6.45, 7) is 3.92. The smallest absolute Gasteiger partial charge is 0.349 e. The first-order valence-electron chi connectivity index (χ1n) is 9.47. The second kappa shape index (κ2) is 11.0. The Labute approximate surface area is 199 Å². The van der Waals surface area contributed by atoms with Crippen LogP contribution < -0.4 is 5.32 Å². The third-order valence-corrected chi connectivity index (χ3v) is 6.27. The molecule has 0 aliphatic carbocycles. The lowest BCUT2D eigenvalue weighted by molar-refractivity contribution is -0.139. The number of allylic oxidation sites excluding steroid dienone is 1. The second-order valence-corrected chi connectivity index (χ2v) is 8.50. The molecule has 0 aliphatic rings. The van der Waals surface area contributed by atoms with Gasteiger partial charge in [-0.2, -0.15) is 13.2 Å². The zero-order chi connectivity index (χ0) is 23.3. The van der Waals surface area contributed by atoms with Crippen LogP contribution in [-0.2, 0) is 0 Å². The van der Waals surface area contributed by atoms with Crippen LogP contribution in [0.15, 0.2) is 36.4 Å². The fourth-order valence-corrected chi connectivity index (χ4v) is 3.83. The SMILES string of the molecule is CCC(CC)NC(=O)c1ccc(C=CC(c2cc(Cl)c(Cl)c(Cl)c2)C(F)(F)F)cc1Cl. The highest BCUT2D eigenvalue weighted by molar-refractivity contribution is 6.48. The molecule has 0 heterocycles. The third kappa shape index (κ3) is 6.79. The van der Waals surface area contributed by atoms with Gasteiger partial charge in [-0.05, 0) is 48.2 Å². The van der Waals surface area contributed by atoms with Crippen molar-refractivity contribution in [3.63, 3.8) is 0 Å². The van der Waals surface area contributed by atoms with Gasteiger partial charge in [-0.1, -0.05) is 78.5 Å². The molecule has 1 unspecified atom stereocenters. The molecule has 0 fully saturated rings. The highest BCUT2D eigenvalue weighted by Gasteiger charge is 2.39. The van der Waals surface area contributed by atoms with Crippen LogP contribution in [0.2, 0.25) is 20.1 Å². The van der Waals surface area contributed by atoms with Crippen LogP contribution in [0.1, 0.15) is 54.1 Å². The highest BCUT2D eigenvalue weighted by atomic mass is 35.5. The van der Waals surface area contributed by atoms with Crippen LogP contribution >= 0.6 is 46.4 Å². The number of carbonyl (C=O) groups excluding carboxylic acids is 1. The van der Waals surface area contributed by atoms with E-state index in [1.54, 1.807) is 0 Å². The van der Waals surface area contributed by atoms with Gasteiger partial charge in [-0.15, -0.1) is 0 Å². The van der Waals surface area contributed by atoms with Gasteiger partial charge in [0.05, 0.1) is 31.6 Å². The summed E-state index contributed by atoms with van der Waals surface area (Å²) in [4.78, 5) is 12.4. The lowest BCUT2D eigenvalue weighted by atomic mass is 9.97. The Morgan fingerprint density at radius 1 is 1.00 bits per heavy atom. The van der Waals surface area contributed by atoms with Crippen molar-refractivity contribution >= 4 is 58.4 Å². The number of hydrogen-bond acceptors (Lipinski definition) is 1. The molecular weight excluding hydrogens is 493 g/mol. The minimum Gasteiger partial charge on any atom is -0.349 e. The predicted octanol–water partition coefficient (Wildman–Crippen LogP) is 8.58. The fraction of sp³-hybridized carbons (Fsp3) is 0.318. The van der Waals surface area contributed by atoms with Gasteiger partial charge in [0.15, 0.2) is 0 Å². The molecule has 1 atom stereocenters. The summed E-state index contributed by atoms with van der Waals surface area (Å²) in [5.41, 5.74) is 0.522. The Bertz CT molecular complexity index is 949. The summed E-state index contributed by atoms with van der Waals surface area (Å²) in [6.07, 6.45) is -0.777. The van der Waals surface area contributed by atoms with Crippen molar-refractivity contribution in [3.05, 3.63) is 73.2 Å². The maximum atomic E-state index is 13.7. The van der Waals surface area contributed by atoms with E-state index < -0.39 is 12.1 Å². The zero-order valence-corrected chi connectivity index (χ0v) is 19.7. The third-order valence-electron chi connectivity index (χ3n) is 4.76. The molecule has 0 radical (unpaired) electrons. The van der Waals surface area contributed by atoms with Crippen LogP contribution in [0.4, 0.5) is 13.2 Å². The van der Waals surface area contributed by atoms with Crippen molar-refractivity contribution < 1.29 is 18.0 Å². The van der Waals surface area contributed by atoms with E-state index in [9.17, 15) is 18.0 Å².